The highest BCUT2D eigenvalue weighted by Gasteiger charge is 2.22. The van der Waals surface area contributed by atoms with E-state index in [-0.39, 0.29) is 16.5 Å². The molecule has 142 valence electrons. The van der Waals surface area contributed by atoms with Crippen LogP contribution in [0.3, 0.4) is 0 Å². The predicted molar refractivity (Wildman–Crippen MR) is 96.8 cm³/mol. The van der Waals surface area contributed by atoms with E-state index < -0.39 is 17.9 Å². The highest BCUT2D eigenvalue weighted by Crippen LogP contribution is 2.21. The minimum Gasteiger partial charge on any atom is -0.480 e. The zero-order chi connectivity index (χ0) is 19.6. The van der Waals surface area contributed by atoms with Crippen molar-refractivity contribution in [3.8, 4) is 0 Å². The molecule has 1 atom stereocenters. The second kappa shape index (κ2) is 7.62. The molecule has 0 bridgehead atoms. The van der Waals surface area contributed by atoms with Crippen LogP contribution in [0.25, 0.3) is 0 Å². The normalized spacial score (nSPS) is 12.1. The molecule has 3 heterocycles. The van der Waals surface area contributed by atoms with Crippen molar-refractivity contribution in [1.82, 2.24) is 29.3 Å². The van der Waals surface area contributed by atoms with Crippen LogP contribution in [-0.4, -0.2) is 46.3 Å². The van der Waals surface area contributed by atoms with Gasteiger partial charge in [-0.25, -0.2) is 9.48 Å². The smallest absolute Gasteiger partial charge is 0.328 e. The number of nitrogens with zero attached hydrogens (tertiary/aromatic N) is 6. The number of carbonyl (C=O) groups is 2. The second-order valence-electron chi connectivity index (χ2n) is 5.86. The number of carboxylic acid groups (broad SMARTS) is 1. The molecule has 3 rings (SSSR count). The number of rotatable bonds is 7. The number of nitrogens with one attached hydrogen (secondary N) is 1. The Bertz CT molecular complexity index is 974. The lowest BCUT2D eigenvalue weighted by Crippen LogP contribution is -2.24. The minimum atomic E-state index is -1.09. The van der Waals surface area contributed by atoms with Gasteiger partial charge < -0.3 is 10.4 Å². The predicted octanol–water partition coefficient (Wildman–Crippen LogP) is 1.90. The lowest BCUT2D eigenvalue weighted by atomic mass is 10.3. The van der Waals surface area contributed by atoms with Crippen LogP contribution >= 0.6 is 11.6 Å². The maximum Gasteiger partial charge on any atom is 0.328 e. The summed E-state index contributed by atoms with van der Waals surface area (Å²) in [5.74, 6) is -1.46. The van der Waals surface area contributed by atoms with Gasteiger partial charge in [-0.2, -0.15) is 15.3 Å². The van der Waals surface area contributed by atoms with Crippen LogP contribution in [0, 0.1) is 0 Å². The summed E-state index contributed by atoms with van der Waals surface area (Å²) in [6.07, 6.45) is 6.60. The van der Waals surface area contributed by atoms with Gasteiger partial charge in [-0.1, -0.05) is 11.6 Å². The molecule has 0 aliphatic heterocycles. The van der Waals surface area contributed by atoms with Crippen molar-refractivity contribution in [3.05, 3.63) is 47.1 Å². The Balaban J connectivity index is 1.75. The van der Waals surface area contributed by atoms with Crippen molar-refractivity contribution in [2.45, 2.75) is 33.0 Å². The number of carbonyl (C=O) groups excluding carboxylic acids is 1. The molecule has 1 unspecified atom stereocenters. The van der Waals surface area contributed by atoms with E-state index in [0.717, 1.165) is 16.8 Å². The van der Waals surface area contributed by atoms with E-state index in [4.69, 9.17) is 16.7 Å². The molecule has 27 heavy (non-hydrogen) atoms. The quantitative estimate of drug-likeness (QED) is 0.634. The number of hydrogen-bond acceptors (Lipinski definition) is 5. The van der Waals surface area contributed by atoms with Gasteiger partial charge in [0.2, 0.25) is 0 Å². The zero-order valence-electron chi connectivity index (χ0n) is 14.7. The van der Waals surface area contributed by atoms with E-state index in [1.54, 1.807) is 21.8 Å². The Labute approximate surface area is 159 Å². The van der Waals surface area contributed by atoms with Gasteiger partial charge in [0.25, 0.3) is 5.91 Å². The van der Waals surface area contributed by atoms with Crippen molar-refractivity contribution >= 4 is 29.3 Å². The first-order valence-corrected chi connectivity index (χ1v) is 8.58. The van der Waals surface area contributed by atoms with Gasteiger partial charge in [-0.05, 0) is 19.9 Å². The van der Waals surface area contributed by atoms with Gasteiger partial charge in [-0.15, -0.1) is 0 Å². The molecule has 0 spiro atoms. The zero-order valence-corrected chi connectivity index (χ0v) is 15.5. The van der Waals surface area contributed by atoms with E-state index in [2.05, 4.69) is 20.6 Å². The largest absolute Gasteiger partial charge is 0.480 e. The number of anilines is 1. The van der Waals surface area contributed by atoms with Crippen molar-refractivity contribution in [2.24, 2.45) is 0 Å². The Morgan fingerprint density at radius 3 is 2.74 bits per heavy atom. The third-order valence-electron chi connectivity index (χ3n) is 3.93. The average molecular weight is 392 g/mol. The molecule has 1 amide bonds. The maximum absolute atomic E-state index is 12.5. The van der Waals surface area contributed by atoms with Gasteiger partial charge in [0, 0.05) is 30.7 Å². The number of aryl methyl sites for hydroxylation is 1. The number of hydrogen-bond donors (Lipinski definition) is 2. The van der Waals surface area contributed by atoms with Crippen molar-refractivity contribution in [1.29, 1.82) is 0 Å². The van der Waals surface area contributed by atoms with Crippen LogP contribution < -0.4 is 5.32 Å². The van der Waals surface area contributed by atoms with E-state index in [1.807, 2.05) is 13.1 Å². The van der Waals surface area contributed by atoms with E-state index in [0.29, 0.717) is 6.54 Å². The van der Waals surface area contributed by atoms with Crippen molar-refractivity contribution < 1.29 is 14.7 Å². The molecule has 0 saturated carbocycles. The van der Waals surface area contributed by atoms with Crippen LogP contribution in [0.1, 0.15) is 35.9 Å². The first-order valence-electron chi connectivity index (χ1n) is 8.21. The molecule has 10 nitrogen and oxygen atoms in total. The first kappa shape index (κ1) is 18.6. The van der Waals surface area contributed by atoms with E-state index in [1.165, 1.54) is 19.2 Å². The first-order chi connectivity index (χ1) is 12.9. The third kappa shape index (κ3) is 4.00. The second-order valence-corrected chi connectivity index (χ2v) is 6.26. The minimum absolute atomic E-state index is 0.0970. The number of amides is 1. The van der Waals surface area contributed by atoms with Crippen LogP contribution in [0.5, 0.6) is 0 Å². The molecule has 3 aromatic rings. The summed E-state index contributed by atoms with van der Waals surface area (Å²) in [6.45, 7) is 4.64. The van der Waals surface area contributed by atoms with Gasteiger partial charge in [0.05, 0.1) is 12.7 Å². The van der Waals surface area contributed by atoms with Crippen LogP contribution in [0.4, 0.5) is 5.82 Å². The summed E-state index contributed by atoms with van der Waals surface area (Å²) in [7, 11) is 0. The monoisotopic (exact) mass is 391 g/mol. The Kier molecular flexibility index (Phi) is 5.26. The SMILES string of the molecule is CCn1cc(Cn2cc(Cl)c(NC(=O)c3ccnn3C(C)C(=O)O)n2)cn1. The summed E-state index contributed by atoms with van der Waals surface area (Å²) >= 11 is 6.17. The fourth-order valence-corrected chi connectivity index (χ4v) is 2.69. The topological polar surface area (TPSA) is 120 Å². The molecule has 0 aliphatic carbocycles. The highest BCUT2D eigenvalue weighted by atomic mass is 35.5. The Morgan fingerprint density at radius 1 is 1.30 bits per heavy atom. The molecule has 3 aromatic heterocycles. The van der Waals surface area contributed by atoms with Gasteiger partial charge in [0.15, 0.2) is 5.82 Å². The summed E-state index contributed by atoms with van der Waals surface area (Å²) < 4.78 is 4.52. The molecule has 0 saturated heterocycles. The van der Waals surface area contributed by atoms with Crippen molar-refractivity contribution in [3.63, 3.8) is 0 Å². The summed E-state index contributed by atoms with van der Waals surface area (Å²) in [4.78, 5) is 23.6. The fraction of sp³-hybridized carbons (Fsp3) is 0.312. The highest BCUT2D eigenvalue weighted by molar-refractivity contribution is 6.33. The lowest BCUT2D eigenvalue weighted by molar-refractivity contribution is -0.140. The third-order valence-corrected chi connectivity index (χ3v) is 4.21. The van der Waals surface area contributed by atoms with Gasteiger partial charge in [0.1, 0.15) is 16.8 Å². The standard InChI is InChI=1S/C16H18ClN7O3/c1-3-22-7-11(6-19-22)8-23-9-12(17)14(21-23)20-15(25)13-4-5-18-24(13)10(2)16(26)27/h4-7,9-10H,3,8H2,1-2H3,(H,26,27)(H,20,21,25). The molecule has 0 radical (unpaired) electrons. The van der Waals surface area contributed by atoms with Crippen LogP contribution in [-0.2, 0) is 17.9 Å². The van der Waals surface area contributed by atoms with Crippen molar-refractivity contribution in [2.75, 3.05) is 5.32 Å². The summed E-state index contributed by atoms with van der Waals surface area (Å²) in [5.41, 5.74) is 1.04. The maximum atomic E-state index is 12.5. The molecule has 2 N–H and O–H groups in total. The summed E-state index contributed by atoms with van der Waals surface area (Å²) in [6, 6.07) is 0.447. The number of halogens is 1. The number of aliphatic carboxylic acids is 1. The molecular formula is C16H18ClN7O3. The van der Waals surface area contributed by atoms with E-state index >= 15 is 0 Å². The van der Waals surface area contributed by atoms with Gasteiger partial charge in [-0.3, -0.25) is 14.2 Å². The molecule has 0 fully saturated rings. The molecular weight excluding hydrogens is 374 g/mol. The fourth-order valence-electron chi connectivity index (χ4n) is 2.49. The van der Waals surface area contributed by atoms with E-state index in [9.17, 15) is 9.59 Å². The average Bonchev–Trinajstić information content (AvgIpc) is 3.35. The lowest BCUT2D eigenvalue weighted by Gasteiger charge is -2.11. The Morgan fingerprint density at radius 2 is 2.07 bits per heavy atom. The molecule has 0 aliphatic rings. The molecule has 11 heteroatoms. The Hall–Kier alpha value is -3.14. The number of aromatic nitrogens is 6. The molecule has 0 aromatic carbocycles. The van der Waals surface area contributed by atoms with Crippen LogP contribution in [0.2, 0.25) is 5.02 Å². The van der Waals surface area contributed by atoms with Crippen LogP contribution in [0.15, 0.2) is 30.9 Å². The number of carboxylic acids is 1. The van der Waals surface area contributed by atoms with Gasteiger partial charge >= 0.3 is 5.97 Å². The summed E-state index contributed by atoms with van der Waals surface area (Å²) in [5, 5.41) is 24.3.